The number of halogens is 1. The van der Waals surface area contributed by atoms with Crippen LogP contribution in [-0.4, -0.2) is 23.3 Å². The molecule has 0 atom stereocenters. The third-order valence-electron chi connectivity index (χ3n) is 4.11. The van der Waals surface area contributed by atoms with Crippen LogP contribution in [0.3, 0.4) is 0 Å². The molecule has 136 valence electrons. The molecule has 1 aromatic carbocycles. The van der Waals surface area contributed by atoms with Gasteiger partial charge in [0.05, 0.1) is 12.2 Å². The van der Waals surface area contributed by atoms with Crippen LogP contribution in [0, 0.1) is 5.82 Å². The fraction of sp³-hybridized carbons (Fsp3) is 0.444. The highest BCUT2D eigenvalue weighted by molar-refractivity contribution is 5.79. The van der Waals surface area contributed by atoms with Gasteiger partial charge in [-0.25, -0.2) is 4.39 Å². The molecular formula is C18H25FN4O2. The van der Waals surface area contributed by atoms with Crippen LogP contribution in [-0.2, 0) is 13.1 Å². The van der Waals surface area contributed by atoms with Crippen LogP contribution in [0.2, 0.25) is 0 Å². The van der Waals surface area contributed by atoms with Crippen molar-refractivity contribution < 1.29 is 14.0 Å². The van der Waals surface area contributed by atoms with E-state index in [-0.39, 0.29) is 5.75 Å². The summed E-state index contributed by atoms with van der Waals surface area (Å²) in [6.07, 6.45) is 2.06. The monoisotopic (exact) mass is 348 g/mol. The maximum absolute atomic E-state index is 13.3. The van der Waals surface area contributed by atoms with Crippen molar-refractivity contribution in [3.8, 4) is 5.75 Å². The molecule has 0 amide bonds. The highest BCUT2D eigenvalue weighted by atomic mass is 19.1. The number of rotatable bonds is 7. The molecule has 3 N–H and O–H groups in total. The molecule has 6 nitrogen and oxygen atoms in total. The van der Waals surface area contributed by atoms with Crippen LogP contribution in [0.15, 0.2) is 33.8 Å². The topological polar surface area (TPSA) is 82.7 Å². The predicted octanol–water partition coefficient (Wildman–Crippen LogP) is 3.29. The van der Waals surface area contributed by atoms with Gasteiger partial charge in [-0.05, 0) is 30.5 Å². The minimum absolute atomic E-state index is 0.357. The third-order valence-corrected chi connectivity index (χ3v) is 4.11. The number of hydrogen-bond acceptors (Lipinski definition) is 4. The second-order valence-electron chi connectivity index (χ2n) is 5.80. The SMILES string of the molecule is CCC(CC)c1cc(CNC(=NC)NCc2ccc(O)c(F)c2)on1. The highest BCUT2D eigenvalue weighted by Gasteiger charge is 2.13. The van der Waals surface area contributed by atoms with E-state index < -0.39 is 5.82 Å². The van der Waals surface area contributed by atoms with E-state index in [1.165, 1.54) is 12.1 Å². The molecule has 2 rings (SSSR count). The molecule has 0 fully saturated rings. The number of aromatic hydroxyl groups is 1. The number of hydrogen-bond donors (Lipinski definition) is 3. The van der Waals surface area contributed by atoms with E-state index in [1.54, 1.807) is 13.1 Å². The number of guanidine groups is 1. The number of aromatic nitrogens is 1. The minimum atomic E-state index is -0.641. The van der Waals surface area contributed by atoms with Gasteiger partial charge in [0, 0.05) is 25.6 Å². The van der Waals surface area contributed by atoms with Crippen LogP contribution in [0.1, 0.15) is 49.6 Å². The van der Waals surface area contributed by atoms with E-state index in [2.05, 4.69) is 34.6 Å². The Kier molecular flexibility index (Phi) is 6.80. The lowest BCUT2D eigenvalue weighted by Crippen LogP contribution is -2.36. The number of benzene rings is 1. The summed E-state index contributed by atoms with van der Waals surface area (Å²) in [4.78, 5) is 4.12. The Labute approximate surface area is 147 Å². The zero-order chi connectivity index (χ0) is 18.2. The first-order valence-electron chi connectivity index (χ1n) is 8.44. The van der Waals surface area contributed by atoms with Crippen LogP contribution in [0.4, 0.5) is 4.39 Å². The molecule has 0 aliphatic heterocycles. The lowest BCUT2D eigenvalue weighted by Gasteiger charge is -2.11. The molecule has 2 aromatic rings. The van der Waals surface area contributed by atoms with E-state index in [0.717, 1.165) is 24.3 Å². The first kappa shape index (κ1) is 18.8. The summed E-state index contributed by atoms with van der Waals surface area (Å²) in [7, 11) is 1.66. The molecule has 25 heavy (non-hydrogen) atoms. The van der Waals surface area contributed by atoms with E-state index in [0.29, 0.717) is 30.5 Å². The van der Waals surface area contributed by atoms with Crippen molar-refractivity contribution >= 4 is 5.96 Å². The maximum atomic E-state index is 13.3. The Balaban J connectivity index is 1.87. The van der Waals surface area contributed by atoms with Gasteiger partial charge in [-0.1, -0.05) is 25.1 Å². The number of aliphatic imine (C=N–C) groups is 1. The highest BCUT2D eigenvalue weighted by Crippen LogP contribution is 2.22. The lowest BCUT2D eigenvalue weighted by atomic mass is 9.99. The van der Waals surface area contributed by atoms with Crippen LogP contribution >= 0.6 is 0 Å². The smallest absolute Gasteiger partial charge is 0.191 e. The number of nitrogens with zero attached hydrogens (tertiary/aromatic N) is 2. The number of phenols is 1. The quantitative estimate of drug-likeness (QED) is 0.528. The summed E-state index contributed by atoms with van der Waals surface area (Å²) in [5, 5.41) is 19.6. The van der Waals surface area contributed by atoms with Gasteiger partial charge in [0.25, 0.3) is 0 Å². The Hall–Kier alpha value is -2.57. The van der Waals surface area contributed by atoms with Gasteiger partial charge in [0.1, 0.15) is 0 Å². The van der Waals surface area contributed by atoms with Crippen molar-refractivity contribution in [1.82, 2.24) is 15.8 Å². The Morgan fingerprint density at radius 2 is 1.96 bits per heavy atom. The second kappa shape index (κ2) is 9.05. The molecule has 7 heteroatoms. The summed E-state index contributed by atoms with van der Waals surface area (Å²) < 4.78 is 18.7. The molecule has 0 aliphatic carbocycles. The van der Waals surface area contributed by atoms with Crippen molar-refractivity contribution in [2.24, 2.45) is 4.99 Å². The summed E-state index contributed by atoms with van der Waals surface area (Å²) in [5.74, 6) is 0.719. The zero-order valence-corrected chi connectivity index (χ0v) is 14.8. The first-order chi connectivity index (χ1) is 12.1. The molecule has 1 heterocycles. The fourth-order valence-corrected chi connectivity index (χ4v) is 2.55. The number of nitrogens with one attached hydrogen (secondary N) is 2. The van der Waals surface area contributed by atoms with Crippen molar-refractivity contribution in [3.63, 3.8) is 0 Å². The predicted molar refractivity (Wildman–Crippen MR) is 94.9 cm³/mol. The molecule has 0 saturated carbocycles. The van der Waals surface area contributed by atoms with Gasteiger partial charge in [0.15, 0.2) is 23.3 Å². The molecule has 0 radical (unpaired) electrons. The minimum Gasteiger partial charge on any atom is -0.505 e. The van der Waals surface area contributed by atoms with Crippen molar-refractivity contribution in [1.29, 1.82) is 0 Å². The molecule has 0 aliphatic rings. The molecule has 0 bridgehead atoms. The Morgan fingerprint density at radius 3 is 2.60 bits per heavy atom. The van der Waals surface area contributed by atoms with Gasteiger partial charge in [-0.3, -0.25) is 4.99 Å². The summed E-state index contributed by atoms with van der Waals surface area (Å²) in [6.45, 7) is 5.11. The lowest BCUT2D eigenvalue weighted by molar-refractivity contribution is 0.368. The van der Waals surface area contributed by atoms with E-state index in [9.17, 15) is 9.50 Å². The third kappa shape index (κ3) is 5.20. The first-order valence-corrected chi connectivity index (χ1v) is 8.44. The standard InChI is InChI=1S/C18H25FN4O2/c1-4-13(5-2)16-9-14(25-23-16)11-22-18(20-3)21-10-12-6-7-17(24)15(19)8-12/h6-9,13,24H,4-5,10-11H2,1-3H3,(H2,20,21,22). The van der Waals surface area contributed by atoms with Gasteiger partial charge < -0.3 is 20.3 Å². The van der Waals surface area contributed by atoms with E-state index in [1.807, 2.05) is 6.07 Å². The zero-order valence-electron chi connectivity index (χ0n) is 14.8. The number of phenolic OH excluding ortho intramolecular Hbond substituents is 1. The van der Waals surface area contributed by atoms with Crippen LogP contribution in [0.25, 0.3) is 0 Å². The van der Waals surface area contributed by atoms with Crippen molar-refractivity contribution in [2.45, 2.75) is 45.7 Å². The second-order valence-corrected chi connectivity index (χ2v) is 5.80. The summed E-state index contributed by atoms with van der Waals surface area (Å²) >= 11 is 0. The van der Waals surface area contributed by atoms with Gasteiger partial charge >= 0.3 is 0 Å². The average Bonchev–Trinajstić information content (AvgIpc) is 3.08. The largest absolute Gasteiger partial charge is 0.505 e. The molecule has 0 unspecified atom stereocenters. The van der Waals surface area contributed by atoms with E-state index >= 15 is 0 Å². The molecule has 0 spiro atoms. The average molecular weight is 348 g/mol. The van der Waals surface area contributed by atoms with Gasteiger partial charge in [0.2, 0.25) is 0 Å². The van der Waals surface area contributed by atoms with Crippen molar-refractivity contribution in [3.05, 3.63) is 47.1 Å². The Morgan fingerprint density at radius 1 is 1.24 bits per heavy atom. The van der Waals surface area contributed by atoms with Crippen molar-refractivity contribution in [2.75, 3.05) is 7.05 Å². The Bertz CT molecular complexity index is 711. The summed E-state index contributed by atoms with van der Waals surface area (Å²) in [5.41, 5.74) is 1.68. The van der Waals surface area contributed by atoms with Gasteiger partial charge in [-0.15, -0.1) is 0 Å². The van der Waals surface area contributed by atoms with E-state index in [4.69, 9.17) is 4.52 Å². The fourth-order valence-electron chi connectivity index (χ4n) is 2.55. The van der Waals surface area contributed by atoms with Crippen LogP contribution < -0.4 is 10.6 Å². The van der Waals surface area contributed by atoms with Gasteiger partial charge in [-0.2, -0.15) is 0 Å². The molecule has 1 aromatic heterocycles. The van der Waals surface area contributed by atoms with Crippen LogP contribution in [0.5, 0.6) is 5.75 Å². The summed E-state index contributed by atoms with van der Waals surface area (Å²) in [6, 6.07) is 6.23. The molecule has 0 saturated heterocycles. The normalized spacial score (nSPS) is 11.8. The molecular weight excluding hydrogens is 323 g/mol. The maximum Gasteiger partial charge on any atom is 0.191 e.